The van der Waals surface area contributed by atoms with Crippen LogP contribution < -0.4 is 5.46 Å². The Morgan fingerprint density at radius 3 is 2.19 bits per heavy atom. The molecule has 0 aliphatic heterocycles. The maximum absolute atomic E-state index is 10.8. The first-order valence-electron chi connectivity index (χ1n) is 8.12. The molecule has 0 spiro atoms. The third kappa shape index (κ3) is 5.64. The molecule has 1 aliphatic carbocycles. The topological polar surface area (TPSA) is 57.5 Å². The lowest BCUT2D eigenvalue weighted by molar-refractivity contribution is -0.127. The van der Waals surface area contributed by atoms with Crippen molar-refractivity contribution in [3.8, 4) is 0 Å². The van der Waals surface area contributed by atoms with E-state index in [0.29, 0.717) is 17.2 Å². The Kier molecular flexibility index (Phi) is 6.46. The molecule has 1 fully saturated rings. The fourth-order valence-electron chi connectivity index (χ4n) is 2.94. The molecule has 0 unspecified atom stereocenters. The van der Waals surface area contributed by atoms with E-state index in [1.807, 2.05) is 12.1 Å². The SMILES string of the molecule is O=C1CC(CCCCCCCc2ccc(B(O)O)cc2)C1. The average molecular weight is 288 g/mol. The highest BCUT2D eigenvalue weighted by Crippen LogP contribution is 2.28. The number of ketones is 1. The lowest BCUT2D eigenvalue weighted by Gasteiger charge is -2.23. The standard InChI is InChI=1S/C17H25BO3/c19-17-12-15(13-17)7-5-3-1-2-4-6-14-8-10-16(11-9-14)18(20)21/h8-11,15,20-21H,1-7,12-13H2. The summed E-state index contributed by atoms with van der Waals surface area (Å²) in [6, 6.07) is 7.50. The highest BCUT2D eigenvalue weighted by molar-refractivity contribution is 6.58. The molecule has 0 amide bonds. The Balaban J connectivity index is 1.48. The van der Waals surface area contributed by atoms with Gasteiger partial charge in [0.25, 0.3) is 0 Å². The molecule has 1 aromatic carbocycles. The minimum atomic E-state index is -1.37. The third-order valence-corrected chi connectivity index (χ3v) is 4.39. The van der Waals surface area contributed by atoms with E-state index in [-0.39, 0.29) is 0 Å². The van der Waals surface area contributed by atoms with Crippen LogP contribution >= 0.6 is 0 Å². The molecule has 4 heteroatoms. The molecule has 1 aliphatic rings. The maximum atomic E-state index is 10.8. The molecule has 0 bridgehead atoms. The van der Waals surface area contributed by atoms with Gasteiger partial charge in [-0.1, -0.05) is 49.9 Å². The van der Waals surface area contributed by atoms with Gasteiger partial charge in [-0.25, -0.2) is 0 Å². The Labute approximate surface area is 127 Å². The summed E-state index contributed by atoms with van der Waals surface area (Å²) in [6.45, 7) is 0. The van der Waals surface area contributed by atoms with Gasteiger partial charge in [0, 0.05) is 12.8 Å². The van der Waals surface area contributed by atoms with Crippen molar-refractivity contribution in [2.24, 2.45) is 5.92 Å². The average Bonchev–Trinajstić information content (AvgIpc) is 2.44. The number of rotatable bonds is 9. The Morgan fingerprint density at radius 1 is 0.952 bits per heavy atom. The first-order chi connectivity index (χ1) is 10.1. The number of Topliss-reactive ketones (excluding diaryl/α,β-unsaturated/α-hetero) is 1. The zero-order valence-electron chi connectivity index (χ0n) is 12.6. The van der Waals surface area contributed by atoms with E-state index in [0.717, 1.165) is 19.3 Å². The van der Waals surface area contributed by atoms with Crippen molar-refractivity contribution < 1.29 is 14.8 Å². The van der Waals surface area contributed by atoms with Crippen LogP contribution in [0.3, 0.4) is 0 Å². The normalized spacial score (nSPS) is 15.0. The number of unbranched alkanes of at least 4 members (excludes halogenated alkanes) is 4. The number of carbonyl (C=O) groups is 1. The van der Waals surface area contributed by atoms with Crippen molar-refractivity contribution in [3.05, 3.63) is 29.8 Å². The van der Waals surface area contributed by atoms with Gasteiger partial charge in [-0.05, 0) is 36.2 Å². The van der Waals surface area contributed by atoms with Crippen molar-refractivity contribution in [1.29, 1.82) is 0 Å². The molecule has 0 atom stereocenters. The second-order valence-corrected chi connectivity index (χ2v) is 6.23. The zero-order valence-corrected chi connectivity index (χ0v) is 12.6. The maximum Gasteiger partial charge on any atom is 0.488 e. The van der Waals surface area contributed by atoms with Gasteiger partial charge in [-0.2, -0.15) is 0 Å². The van der Waals surface area contributed by atoms with Gasteiger partial charge in [0.15, 0.2) is 0 Å². The predicted molar refractivity (Wildman–Crippen MR) is 85.4 cm³/mol. The van der Waals surface area contributed by atoms with E-state index >= 15 is 0 Å². The summed E-state index contributed by atoms with van der Waals surface area (Å²) < 4.78 is 0. The molecule has 0 aromatic heterocycles. The minimum Gasteiger partial charge on any atom is -0.423 e. The first-order valence-corrected chi connectivity index (χ1v) is 8.12. The molecule has 0 heterocycles. The highest BCUT2D eigenvalue weighted by atomic mass is 16.4. The molecule has 0 saturated heterocycles. The van der Waals surface area contributed by atoms with Crippen LogP contribution in [-0.4, -0.2) is 22.9 Å². The molecule has 3 nitrogen and oxygen atoms in total. The zero-order chi connectivity index (χ0) is 15.1. The summed E-state index contributed by atoms with van der Waals surface area (Å²) in [5, 5.41) is 18.0. The van der Waals surface area contributed by atoms with Gasteiger partial charge in [0.1, 0.15) is 5.78 Å². The number of aryl methyl sites for hydroxylation is 1. The summed E-state index contributed by atoms with van der Waals surface area (Å²) >= 11 is 0. The summed E-state index contributed by atoms with van der Waals surface area (Å²) in [7, 11) is -1.37. The largest absolute Gasteiger partial charge is 0.488 e. The molecule has 1 saturated carbocycles. The lowest BCUT2D eigenvalue weighted by Crippen LogP contribution is -2.29. The van der Waals surface area contributed by atoms with E-state index in [4.69, 9.17) is 10.0 Å². The fourth-order valence-corrected chi connectivity index (χ4v) is 2.94. The summed E-state index contributed by atoms with van der Waals surface area (Å²) in [4.78, 5) is 10.8. The van der Waals surface area contributed by atoms with Crippen molar-refractivity contribution >= 4 is 18.4 Å². The van der Waals surface area contributed by atoms with E-state index in [1.54, 1.807) is 12.1 Å². The van der Waals surface area contributed by atoms with Crippen LogP contribution in [0.2, 0.25) is 0 Å². The van der Waals surface area contributed by atoms with E-state index in [9.17, 15) is 4.79 Å². The Morgan fingerprint density at radius 2 is 1.57 bits per heavy atom. The molecule has 2 rings (SSSR count). The lowest BCUT2D eigenvalue weighted by atomic mass is 9.80. The molecule has 114 valence electrons. The van der Waals surface area contributed by atoms with Crippen molar-refractivity contribution in [2.75, 3.05) is 0 Å². The third-order valence-electron chi connectivity index (χ3n) is 4.39. The predicted octanol–water partition coefficient (Wildman–Crippen LogP) is 2.23. The van der Waals surface area contributed by atoms with Crippen LogP contribution in [-0.2, 0) is 11.2 Å². The van der Waals surface area contributed by atoms with Gasteiger partial charge in [-0.3, -0.25) is 4.79 Å². The van der Waals surface area contributed by atoms with Gasteiger partial charge in [0.2, 0.25) is 0 Å². The van der Waals surface area contributed by atoms with Crippen LogP contribution in [0.1, 0.15) is 56.9 Å². The summed E-state index contributed by atoms with van der Waals surface area (Å²) in [6.07, 6.45) is 10.2. The van der Waals surface area contributed by atoms with Gasteiger partial charge >= 0.3 is 7.12 Å². The van der Waals surface area contributed by atoms with Crippen LogP contribution in [0.4, 0.5) is 0 Å². The molecule has 1 aromatic rings. The van der Waals surface area contributed by atoms with Crippen molar-refractivity contribution in [2.45, 2.75) is 57.8 Å². The smallest absolute Gasteiger partial charge is 0.423 e. The molecule has 2 N–H and O–H groups in total. The number of benzene rings is 1. The van der Waals surface area contributed by atoms with Crippen LogP contribution in [0.5, 0.6) is 0 Å². The molecule has 0 radical (unpaired) electrons. The van der Waals surface area contributed by atoms with Crippen LogP contribution in [0.25, 0.3) is 0 Å². The van der Waals surface area contributed by atoms with Gasteiger partial charge in [0.05, 0.1) is 0 Å². The second kappa shape index (κ2) is 8.35. The Bertz CT molecular complexity index is 434. The number of hydrogen-bond acceptors (Lipinski definition) is 3. The molecule has 21 heavy (non-hydrogen) atoms. The van der Waals surface area contributed by atoms with Crippen LogP contribution in [0, 0.1) is 5.92 Å². The first kappa shape index (κ1) is 16.2. The van der Waals surface area contributed by atoms with Gasteiger partial charge in [-0.15, -0.1) is 0 Å². The summed E-state index contributed by atoms with van der Waals surface area (Å²) in [5.74, 6) is 1.14. The van der Waals surface area contributed by atoms with E-state index in [2.05, 4.69) is 0 Å². The number of carbonyl (C=O) groups excluding carboxylic acids is 1. The molecular weight excluding hydrogens is 263 g/mol. The van der Waals surface area contributed by atoms with Crippen molar-refractivity contribution in [3.63, 3.8) is 0 Å². The fraction of sp³-hybridized carbons (Fsp3) is 0.588. The highest BCUT2D eigenvalue weighted by Gasteiger charge is 2.25. The summed E-state index contributed by atoms with van der Waals surface area (Å²) in [5.41, 5.74) is 1.81. The van der Waals surface area contributed by atoms with Crippen LogP contribution in [0.15, 0.2) is 24.3 Å². The van der Waals surface area contributed by atoms with Gasteiger partial charge < -0.3 is 10.0 Å². The number of hydrogen-bond donors (Lipinski definition) is 2. The quantitative estimate of drug-likeness (QED) is 0.541. The minimum absolute atomic E-state index is 0.444. The van der Waals surface area contributed by atoms with Crippen molar-refractivity contribution in [1.82, 2.24) is 0 Å². The van der Waals surface area contributed by atoms with E-state index < -0.39 is 7.12 Å². The monoisotopic (exact) mass is 288 g/mol. The second-order valence-electron chi connectivity index (χ2n) is 6.23. The van der Waals surface area contributed by atoms with E-state index in [1.165, 1.54) is 44.1 Å². The Hall–Kier alpha value is -1.13. The molecular formula is C17H25BO3.